The first-order chi connectivity index (χ1) is 7.72. The Hall–Kier alpha value is -1.92. The van der Waals surface area contributed by atoms with E-state index < -0.39 is 0 Å². The summed E-state index contributed by atoms with van der Waals surface area (Å²) in [5.74, 6) is 6.01. The van der Waals surface area contributed by atoms with E-state index in [1.807, 2.05) is 25.4 Å². The molecule has 2 heterocycles. The quantitative estimate of drug-likeness (QED) is 0.496. The highest BCUT2D eigenvalue weighted by molar-refractivity contribution is 5.44. The van der Waals surface area contributed by atoms with Crippen LogP contribution >= 0.6 is 0 Å². The topological polar surface area (TPSA) is 94.8 Å². The van der Waals surface area contributed by atoms with Crippen LogP contribution in [0.1, 0.15) is 17.2 Å². The smallest absolute Gasteiger partial charge is 0.128 e. The number of nitrogen functional groups attached to an aromatic ring is 1. The Kier molecular flexibility index (Phi) is 2.84. The van der Waals surface area contributed by atoms with Crippen molar-refractivity contribution < 1.29 is 0 Å². The summed E-state index contributed by atoms with van der Waals surface area (Å²) in [6.45, 7) is 0. The number of rotatable bonds is 3. The zero-order valence-corrected chi connectivity index (χ0v) is 8.96. The van der Waals surface area contributed by atoms with Crippen LogP contribution in [-0.4, -0.2) is 14.8 Å². The Labute approximate surface area is 93.2 Å². The zero-order chi connectivity index (χ0) is 11.5. The first-order valence-corrected chi connectivity index (χ1v) is 4.87. The maximum absolute atomic E-state index is 5.81. The SMILES string of the molecule is Cn1cc(C(NN)c2cccnc2N)cn1. The first-order valence-electron chi connectivity index (χ1n) is 4.87. The normalized spacial score (nSPS) is 12.6. The van der Waals surface area contributed by atoms with Gasteiger partial charge in [0, 0.05) is 30.6 Å². The van der Waals surface area contributed by atoms with Crippen LogP contribution in [0.5, 0.6) is 0 Å². The number of anilines is 1. The zero-order valence-electron chi connectivity index (χ0n) is 8.96. The van der Waals surface area contributed by atoms with Crippen LogP contribution in [0.15, 0.2) is 30.7 Å². The van der Waals surface area contributed by atoms with E-state index >= 15 is 0 Å². The largest absolute Gasteiger partial charge is 0.383 e. The van der Waals surface area contributed by atoms with Gasteiger partial charge >= 0.3 is 0 Å². The molecule has 0 spiro atoms. The van der Waals surface area contributed by atoms with Gasteiger partial charge in [-0.05, 0) is 6.07 Å². The lowest BCUT2D eigenvalue weighted by atomic mass is 10.0. The molecule has 2 rings (SSSR count). The lowest BCUT2D eigenvalue weighted by Gasteiger charge is -2.15. The third kappa shape index (κ3) is 1.88. The van der Waals surface area contributed by atoms with Crippen molar-refractivity contribution in [2.24, 2.45) is 12.9 Å². The average molecular weight is 218 g/mol. The van der Waals surface area contributed by atoms with Gasteiger partial charge in [0.15, 0.2) is 0 Å². The lowest BCUT2D eigenvalue weighted by Crippen LogP contribution is -2.29. The molecule has 0 aliphatic carbocycles. The molecule has 0 radical (unpaired) electrons. The fourth-order valence-corrected chi connectivity index (χ4v) is 1.63. The van der Waals surface area contributed by atoms with Crippen molar-refractivity contribution in [2.75, 3.05) is 5.73 Å². The molecule has 0 aliphatic heterocycles. The first kappa shape index (κ1) is 10.6. The van der Waals surface area contributed by atoms with Crippen molar-refractivity contribution in [1.29, 1.82) is 0 Å². The van der Waals surface area contributed by atoms with Crippen LogP contribution in [-0.2, 0) is 7.05 Å². The summed E-state index contributed by atoms with van der Waals surface area (Å²) in [6, 6.07) is 3.52. The van der Waals surface area contributed by atoms with E-state index in [1.54, 1.807) is 17.1 Å². The van der Waals surface area contributed by atoms with Gasteiger partial charge in [-0.2, -0.15) is 5.10 Å². The number of pyridine rings is 1. The van der Waals surface area contributed by atoms with E-state index in [1.165, 1.54) is 0 Å². The second-order valence-electron chi connectivity index (χ2n) is 3.52. The summed E-state index contributed by atoms with van der Waals surface area (Å²) in [6.07, 6.45) is 5.28. The number of aromatic nitrogens is 3. The molecule has 84 valence electrons. The molecular formula is C10H14N6. The third-order valence-electron chi connectivity index (χ3n) is 2.41. The van der Waals surface area contributed by atoms with Crippen molar-refractivity contribution in [2.45, 2.75) is 6.04 Å². The van der Waals surface area contributed by atoms with Crippen LogP contribution in [0.3, 0.4) is 0 Å². The van der Waals surface area contributed by atoms with Gasteiger partial charge in [0.05, 0.1) is 12.2 Å². The summed E-state index contributed by atoms with van der Waals surface area (Å²) in [7, 11) is 1.85. The number of nitrogens with one attached hydrogen (secondary N) is 1. The Morgan fingerprint density at radius 3 is 2.88 bits per heavy atom. The van der Waals surface area contributed by atoms with Gasteiger partial charge in [-0.25, -0.2) is 10.4 Å². The molecule has 0 aromatic carbocycles. The van der Waals surface area contributed by atoms with Crippen LogP contribution in [0.25, 0.3) is 0 Å². The number of aryl methyl sites for hydroxylation is 1. The second kappa shape index (κ2) is 4.30. The van der Waals surface area contributed by atoms with Gasteiger partial charge in [0.25, 0.3) is 0 Å². The molecule has 0 saturated carbocycles. The van der Waals surface area contributed by atoms with Crippen LogP contribution in [0.2, 0.25) is 0 Å². The Balaban J connectivity index is 2.40. The van der Waals surface area contributed by atoms with Gasteiger partial charge in [-0.1, -0.05) is 6.07 Å². The van der Waals surface area contributed by atoms with Crippen molar-refractivity contribution >= 4 is 5.82 Å². The van der Waals surface area contributed by atoms with Crippen LogP contribution < -0.4 is 17.0 Å². The maximum Gasteiger partial charge on any atom is 0.128 e. The predicted octanol–water partition coefficient (Wildman–Crippen LogP) is -0.0500. The summed E-state index contributed by atoms with van der Waals surface area (Å²) in [4.78, 5) is 4.04. The highest BCUT2D eigenvalue weighted by Crippen LogP contribution is 2.23. The number of nitrogens with two attached hydrogens (primary N) is 2. The summed E-state index contributed by atoms with van der Waals surface area (Å²) in [5, 5.41) is 4.10. The Morgan fingerprint density at radius 1 is 1.50 bits per heavy atom. The van der Waals surface area contributed by atoms with Crippen molar-refractivity contribution in [1.82, 2.24) is 20.2 Å². The molecule has 0 bridgehead atoms. The van der Waals surface area contributed by atoms with Gasteiger partial charge in [-0.3, -0.25) is 10.5 Å². The molecule has 2 aromatic heterocycles. The summed E-state index contributed by atoms with van der Waals surface area (Å²) < 4.78 is 1.71. The maximum atomic E-state index is 5.81. The van der Waals surface area contributed by atoms with Crippen molar-refractivity contribution in [3.05, 3.63) is 41.9 Å². The standard InChI is InChI=1S/C10H14N6/c1-16-6-7(5-14-16)9(15-12)8-3-2-4-13-10(8)11/h2-6,9,15H,12H2,1H3,(H2,11,13). The van der Waals surface area contributed by atoms with Crippen LogP contribution in [0.4, 0.5) is 5.82 Å². The van der Waals surface area contributed by atoms with Gasteiger partial charge in [-0.15, -0.1) is 0 Å². The Bertz CT molecular complexity index is 478. The van der Waals surface area contributed by atoms with E-state index in [2.05, 4.69) is 15.5 Å². The minimum Gasteiger partial charge on any atom is -0.383 e. The van der Waals surface area contributed by atoms with E-state index in [0.29, 0.717) is 5.82 Å². The van der Waals surface area contributed by atoms with Crippen molar-refractivity contribution in [3.8, 4) is 0 Å². The molecule has 2 aromatic rings. The summed E-state index contributed by atoms with van der Waals surface area (Å²) >= 11 is 0. The fraction of sp³-hybridized carbons (Fsp3) is 0.200. The van der Waals surface area contributed by atoms with E-state index in [0.717, 1.165) is 11.1 Å². The number of hydrogen-bond acceptors (Lipinski definition) is 5. The van der Waals surface area contributed by atoms with E-state index in [-0.39, 0.29) is 6.04 Å². The Morgan fingerprint density at radius 2 is 2.31 bits per heavy atom. The number of nitrogens with zero attached hydrogens (tertiary/aromatic N) is 3. The molecular weight excluding hydrogens is 204 g/mol. The van der Waals surface area contributed by atoms with Crippen molar-refractivity contribution in [3.63, 3.8) is 0 Å². The highest BCUT2D eigenvalue weighted by Gasteiger charge is 2.16. The highest BCUT2D eigenvalue weighted by atomic mass is 15.3. The molecule has 1 atom stereocenters. The van der Waals surface area contributed by atoms with E-state index in [9.17, 15) is 0 Å². The molecule has 0 saturated heterocycles. The van der Waals surface area contributed by atoms with Gasteiger partial charge in [0.1, 0.15) is 5.82 Å². The van der Waals surface area contributed by atoms with Crippen LogP contribution in [0, 0.1) is 0 Å². The molecule has 5 N–H and O–H groups in total. The molecule has 0 amide bonds. The van der Waals surface area contributed by atoms with E-state index in [4.69, 9.17) is 11.6 Å². The predicted molar refractivity (Wildman–Crippen MR) is 61.0 cm³/mol. The molecule has 6 nitrogen and oxygen atoms in total. The molecule has 1 unspecified atom stereocenters. The third-order valence-corrected chi connectivity index (χ3v) is 2.41. The van der Waals surface area contributed by atoms with Gasteiger partial charge < -0.3 is 5.73 Å². The molecule has 0 fully saturated rings. The fourth-order valence-electron chi connectivity index (χ4n) is 1.63. The summed E-state index contributed by atoms with van der Waals surface area (Å²) in [5.41, 5.74) is 10.3. The minimum atomic E-state index is -0.192. The molecule has 6 heteroatoms. The molecule has 16 heavy (non-hydrogen) atoms. The lowest BCUT2D eigenvalue weighted by molar-refractivity contribution is 0.635. The monoisotopic (exact) mass is 218 g/mol. The number of hydrazine groups is 1. The minimum absolute atomic E-state index is 0.192. The number of hydrogen-bond donors (Lipinski definition) is 3. The average Bonchev–Trinajstić information content (AvgIpc) is 2.69. The van der Waals surface area contributed by atoms with Gasteiger partial charge in [0.2, 0.25) is 0 Å². The molecule has 0 aliphatic rings. The second-order valence-corrected chi connectivity index (χ2v) is 3.52.